The minimum atomic E-state index is -0.507. The molecule has 1 aromatic carbocycles. The van der Waals surface area contributed by atoms with Crippen LogP contribution in [0.1, 0.15) is 44.1 Å². The molecule has 2 aliphatic rings. The summed E-state index contributed by atoms with van der Waals surface area (Å²) >= 11 is 2.00. The van der Waals surface area contributed by atoms with Crippen molar-refractivity contribution in [3.63, 3.8) is 0 Å². The van der Waals surface area contributed by atoms with Gasteiger partial charge in [0, 0.05) is 11.2 Å². The maximum Gasteiger partial charge on any atom is 0.222 e. The first-order chi connectivity index (χ1) is 12.7. The van der Waals surface area contributed by atoms with Crippen LogP contribution in [0.2, 0.25) is 0 Å². The standard InChI is InChI=1S/C22H28NO2S/c23-22(25)14-19(15-24)18-12-20(11-16-7-3-1-4-8-16)26-21(13-18)17-9-5-2-6-10-17/h1,3-4,7-8,13-15,17-20H,2,5-6,9-12H2,(H2,23,25). The molecule has 1 saturated carbocycles. The molecular formula is C22H28NO2S. The van der Waals surface area contributed by atoms with Crippen LogP contribution in [0.15, 0.2) is 41.3 Å². The molecular weight excluding hydrogens is 342 g/mol. The Balaban J connectivity index is 1.78. The summed E-state index contributed by atoms with van der Waals surface area (Å²) in [6.45, 7) is 0. The molecule has 0 spiro atoms. The van der Waals surface area contributed by atoms with E-state index in [2.05, 4.69) is 30.3 Å². The van der Waals surface area contributed by atoms with Crippen molar-refractivity contribution in [2.45, 2.75) is 50.2 Å². The number of carbonyl (C=O) groups excluding carboxylic acids is 2. The number of rotatable bonds is 7. The van der Waals surface area contributed by atoms with Crippen LogP contribution in [0.4, 0.5) is 0 Å². The highest BCUT2D eigenvalue weighted by Gasteiger charge is 2.32. The normalized spacial score (nSPS) is 25.3. The molecule has 139 valence electrons. The minimum Gasteiger partial charge on any atom is -0.369 e. The van der Waals surface area contributed by atoms with Gasteiger partial charge in [0.15, 0.2) is 0 Å². The van der Waals surface area contributed by atoms with Gasteiger partial charge in [0.25, 0.3) is 0 Å². The molecule has 3 atom stereocenters. The second-order valence-electron chi connectivity index (χ2n) is 7.52. The van der Waals surface area contributed by atoms with Crippen LogP contribution >= 0.6 is 11.8 Å². The summed E-state index contributed by atoms with van der Waals surface area (Å²) in [5, 5.41) is 0.438. The monoisotopic (exact) mass is 370 g/mol. The van der Waals surface area contributed by atoms with E-state index < -0.39 is 11.8 Å². The van der Waals surface area contributed by atoms with E-state index in [1.54, 1.807) is 0 Å². The van der Waals surface area contributed by atoms with Gasteiger partial charge in [-0.05, 0) is 48.0 Å². The number of amides is 1. The molecule has 1 aromatic rings. The number of hydrogen-bond donors (Lipinski definition) is 1. The summed E-state index contributed by atoms with van der Waals surface area (Å²) in [5.74, 6) is -0.222. The Morgan fingerprint density at radius 3 is 2.58 bits per heavy atom. The number of benzene rings is 1. The van der Waals surface area contributed by atoms with Crippen LogP contribution in [0.3, 0.4) is 0 Å². The fraction of sp³-hybridized carbons (Fsp3) is 0.500. The average Bonchev–Trinajstić information content (AvgIpc) is 2.67. The maximum atomic E-state index is 11.6. The van der Waals surface area contributed by atoms with E-state index in [0.717, 1.165) is 19.1 Å². The first-order valence-corrected chi connectivity index (χ1v) is 10.6. The molecule has 26 heavy (non-hydrogen) atoms. The molecule has 3 rings (SSSR count). The van der Waals surface area contributed by atoms with E-state index in [1.165, 1.54) is 49.0 Å². The summed E-state index contributed by atoms with van der Waals surface area (Å²) < 4.78 is 0. The molecule has 1 radical (unpaired) electrons. The Labute approximate surface area is 160 Å². The Hall–Kier alpha value is -1.55. The predicted octanol–water partition coefficient (Wildman–Crippen LogP) is 4.32. The maximum absolute atomic E-state index is 11.6. The predicted molar refractivity (Wildman–Crippen MR) is 107 cm³/mol. The molecule has 3 nitrogen and oxygen atoms in total. The van der Waals surface area contributed by atoms with Crippen molar-refractivity contribution < 1.29 is 9.59 Å². The van der Waals surface area contributed by atoms with Gasteiger partial charge in [-0.3, -0.25) is 4.79 Å². The molecule has 1 aliphatic heterocycles. The molecule has 4 heteroatoms. The molecule has 1 amide bonds. The van der Waals surface area contributed by atoms with Crippen molar-refractivity contribution >= 4 is 24.0 Å². The molecule has 1 heterocycles. The van der Waals surface area contributed by atoms with Crippen LogP contribution in [0.5, 0.6) is 0 Å². The van der Waals surface area contributed by atoms with E-state index in [4.69, 9.17) is 5.73 Å². The van der Waals surface area contributed by atoms with E-state index in [9.17, 15) is 9.59 Å². The fourth-order valence-electron chi connectivity index (χ4n) is 4.21. The largest absolute Gasteiger partial charge is 0.369 e. The lowest BCUT2D eigenvalue weighted by atomic mass is 9.82. The van der Waals surface area contributed by atoms with Crippen molar-refractivity contribution in [2.24, 2.45) is 23.5 Å². The number of hydrogen-bond acceptors (Lipinski definition) is 3. The molecule has 1 fully saturated rings. The van der Waals surface area contributed by atoms with Gasteiger partial charge in [0.05, 0.1) is 6.42 Å². The summed E-state index contributed by atoms with van der Waals surface area (Å²) in [4.78, 5) is 24.4. The van der Waals surface area contributed by atoms with Crippen molar-refractivity contribution in [3.8, 4) is 0 Å². The Morgan fingerprint density at radius 2 is 1.92 bits per heavy atom. The van der Waals surface area contributed by atoms with Gasteiger partial charge < -0.3 is 10.5 Å². The third kappa shape index (κ3) is 5.23. The molecule has 2 N–H and O–H groups in total. The van der Waals surface area contributed by atoms with Gasteiger partial charge in [0.2, 0.25) is 5.91 Å². The van der Waals surface area contributed by atoms with Gasteiger partial charge >= 0.3 is 0 Å². The van der Waals surface area contributed by atoms with Crippen molar-refractivity contribution in [2.75, 3.05) is 0 Å². The van der Waals surface area contributed by atoms with Crippen molar-refractivity contribution in [1.29, 1.82) is 0 Å². The third-order valence-electron chi connectivity index (χ3n) is 5.54. The quantitative estimate of drug-likeness (QED) is 0.727. The smallest absolute Gasteiger partial charge is 0.222 e. The van der Waals surface area contributed by atoms with Crippen LogP contribution in [-0.2, 0) is 16.0 Å². The summed E-state index contributed by atoms with van der Waals surface area (Å²) in [5.41, 5.74) is 6.66. The van der Waals surface area contributed by atoms with Gasteiger partial charge in [0.1, 0.15) is 6.29 Å². The average molecular weight is 371 g/mol. The van der Waals surface area contributed by atoms with E-state index in [1.807, 2.05) is 17.8 Å². The minimum absolute atomic E-state index is 0.0758. The van der Waals surface area contributed by atoms with Gasteiger partial charge in [-0.2, -0.15) is 0 Å². The number of aldehydes is 1. The number of nitrogens with two attached hydrogens (primary N) is 1. The number of allylic oxidation sites excluding steroid dienone is 2. The molecule has 1 aliphatic carbocycles. The zero-order valence-electron chi connectivity index (χ0n) is 15.2. The summed E-state index contributed by atoms with van der Waals surface area (Å²) in [6, 6.07) is 10.5. The number of thioether (sulfide) groups is 1. The Kier molecular flexibility index (Phi) is 6.95. The van der Waals surface area contributed by atoms with Crippen LogP contribution in [0, 0.1) is 24.2 Å². The Morgan fingerprint density at radius 1 is 1.19 bits per heavy atom. The molecule has 0 bridgehead atoms. The second kappa shape index (κ2) is 9.40. The highest BCUT2D eigenvalue weighted by Crippen LogP contribution is 2.45. The van der Waals surface area contributed by atoms with Crippen LogP contribution in [0.25, 0.3) is 0 Å². The Bertz CT molecular complexity index is 637. The van der Waals surface area contributed by atoms with Crippen molar-refractivity contribution in [3.05, 3.63) is 53.3 Å². The third-order valence-corrected chi connectivity index (χ3v) is 6.97. The highest BCUT2D eigenvalue weighted by atomic mass is 32.2. The molecule has 3 unspecified atom stereocenters. The molecule has 0 aromatic heterocycles. The van der Waals surface area contributed by atoms with Gasteiger partial charge in [-0.25, -0.2) is 0 Å². The zero-order chi connectivity index (χ0) is 18.4. The van der Waals surface area contributed by atoms with Crippen LogP contribution in [-0.4, -0.2) is 17.4 Å². The van der Waals surface area contributed by atoms with Crippen molar-refractivity contribution in [1.82, 2.24) is 0 Å². The highest BCUT2D eigenvalue weighted by molar-refractivity contribution is 8.03. The number of carbonyl (C=O) groups is 2. The fourth-order valence-corrected chi connectivity index (χ4v) is 5.87. The lowest BCUT2D eigenvalue weighted by Gasteiger charge is -2.35. The SMILES string of the molecule is NC(=O)[CH]C(C=O)C1C=C(C2CCCCC2)SC(Cc2ccccc2)C1. The lowest BCUT2D eigenvalue weighted by molar-refractivity contribution is -0.118. The van der Waals surface area contributed by atoms with Crippen LogP contribution < -0.4 is 5.73 Å². The van der Waals surface area contributed by atoms with Gasteiger partial charge in [-0.15, -0.1) is 11.8 Å². The molecule has 0 saturated heterocycles. The van der Waals surface area contributed by atoms with E-state index in [-0.39, 0.29) is 5.92 Å². The number of primary amides is 1. The first kappa shape index (κ1) is 19.2. The van der Waals surface area contributed by atoms with E-state index >= 15 is 0 Å². The van der Waals surface area contributed by atoms with E-state index in [0.29, 0.717) is 11.2 Å². The lowest BCUT2D eigenvalue weighted by Crippen LogP contribution is -2.29. The summed E-state index contributed by atoms with van der Waals surface area (Å²) in [7, 11) is 0. The second-order valence-corrected chi connectivity index (χ2v) is 8.89. The zero-order valence-corrected chi connectivity index (χ0v) is 16.0. The topological polar surface area (TPSA) is 60.2 Å². The first-order valence-electron chi connectivity index (χ1n) is 9.67. The van der Waals surface area contributed by atoms with Gasteiger partial charge in [-0.1, -0.05) is 55.7 Å². The summed E-state index contributed by atoms with van der Waals surface area (Å²) in [6.07, 6.45) is 12.9.